The smallest absolute Gasteiger partial charge is 0.273 e. The number of ether oxygens (including phenoxy) is 2. The fourth-order valence-corrected chi connectivity index (χ4v) is 9.02. The monoisotopic (exact) mass is 672 g/mol. The maximum Gasteiger partial charge on any atom is 0.273 e. The Morgan fingerprint density at radius 3 is 2.90 bits per heavy atom. The van der Waals surface area contributed by atoms with E-state index in [1.54, 1.807) is 26.2 Å². The molecule has 1 aliphatic carbocycles. The number of pyridine rings is 1. The van der Waals surface area contributed by atoms with Gasteiger partial charge in [0.2, 0.25) is 5.82 Å². The van der Waals surface area contributed by atoms with E-state index in [0.29, 0.717) is 85.8 Å². The van der Waals surface area contributed by atoms with Crippen LogP contribution in [0.5, 0.6) is 5.88 Å². The Kier molecular flexibility index (Phi) is 7.79. The molecule has 13 heteroatoms. The maximum absolute atomic E-state index is 17.0. The molecule has 49 heavy (non-hydrogen) atoms. The molecular formula is C36H42F2N8O3. The molecule has 1 amide bonds. The topological polar surface area (TPSA) is 126 Å². The van der Waals surface area contributed by atoms with Gasteiger partial charge in [0, 0.05) is 63.4 Å². The number of anilines is 2. The Morgan fingerprint density at radius 2 is 2.08 bits per heavy atom. The first-order chi connectivity index (χ1) is 23.6. The van der Waals surface area contributed by atoms with Crippen LogP contribution < -0.4 is 15.4 Å². The van der Waals surface area contributed by atoms with Gasteiger partial charge < -0.3 is 25.0 Å². The molecule has 0 saturated carbocycles. The van der Waals surface area contributed by atoms with Gasteiger partial charge in [-0.2, -0.15) is 14.8 Å². The molecule has 4 aliphatic heterocycles. The van der Waals surface area contributed by atoms with Crippen molar-refractivity contribution in [1.29, 1.82) is 5.26 Å². The van der Waals surface area contributed by atoms with Crippen LogP contribution in [0.15, 0.2) is 18.2 Å². The molecule has 6 heterocycles. The Labute approximate surface area is 284 Å². The van der Waals surface area contributed by atoms with Crippen molar-refractivity contribution in [2.45, 2.75) is 88.4 Å². The molecule has 258 valence electrons. The number of fused-ring (bicyclic) bond motifs is 5. The lowest BCUT2D eigenvalue weighted by Gasteiger charge is -2.43. The van der Waals surface area contributed by atoms with Crippen molar-refractivity contribution in [2.75, 3.05) is 51.0 Å². The summed E-state index contributed by atoms with van der Waals surface area (Å²) in [5.74, 6) is -0.862. The first-order valence-electron chi connectivity index (χ1n) is 17.3. The number of hydrogen-bond donors (Lipinski definition) is 1. The number of rotatable bonds is 5. The van der Waals surface area contributed by atoms with Gasteiger partial charge in [-0.05, 0) is 62.8 Å². The van der Waals surface area contributed by atoms with Gasteiger partial charge in [-0.15, -0.1) is 0 Å². The van der Waals surface area contributed by atoms with E-state index in [1.807, 2.05) is 15.6 Å². The Hall–Kier alpha value is -4.28. The number of nitrogens with zero attached hydrogens (tertiary/aromatic N) is 7. The van der Waals surface area contributed by atoms with E-state index in [1.165, 1.54) is 4.90 Å². The molecule has 0 unspecified atom stereocenters. The van der Waals surface area contributed by atoms with Crippen molar-refractivity contribution in [1.82, 2.24) is 24.6 Å². The number of carbonyl (C=O) groups excluding carboxylic acids is 1. The summed E-state index contributed by atoms with van der Waals surface area (Å²) in [6.45, 7) is 2.87. The number of aryl methyl sites for hydroxylation is 2. The molecule has 8 rings (SSSR count). The molecule has 2 aromatic heterocycles. The second-order valence-corrected chi connectivity index (χ2v) is 14.6. The van der Waals surface area contributed by atoms with Crippen LogP contribution in [0.2, 0.25) is 0 Å². The van der Waals surface area contributed by atoms with Crippen molar-refractivity contribution in [3.8, 4) is 11.9 Å². The summed E-state index contributed by atoms with van der Waals surface area (Å²) < 4.78 is 46.6. The zero-order valence-corrected chi connectivity index (χ0v) is 28.1. The first-order valence-corrected chi connectivity index (χ1v) is 17.3. The number of carbonyl (C=O) groups is 1. The second-order valence-electron chi connectivity index (χ2n) is 14.6. The van der Waals surface area contributed by atoms with Crippen molar-refractivity contribution >= 4 is 17.3 Å². The lowest BCUT2D eigenvalue weighted by atomic mass is 9.72. The lowest BCUT2D eigenvalue weighted by Crippen LogP contribution is -2.44. The normalized spacial score (nSPS) is 26.0. The highest BCUT2D eigenvalue weighted by Crippen LogP contribution is 2.49. The summed E-state index contributed by atoms with van der Waals surface area (Å²) in [5, 5.41) is 14.7. The van der Waals surface area contributed by atoms with Gasteiger partial charge in [0.05, 0.1) is 41.3 Å². The van der Waals surface area contributed by atoms with Gasteiger partial charge in [-0.25, -0.2) is 9.37 Å². The quantitative estimate of drug-likeness (QED) is 0.396. The van der Waals surface area contributed by atoms with Gasteiger partial charge in [-0.1, -0.05) is 6.07 Å². The van der Waals surface area contributed by atoms with Gasteiger partial charge >= 0.3 is 0 Å². The molecule has 0 bridgehead atoms. The van der Waals surface area contributed by atoms with Crippen molar-refractivity contribution in [3.05, 3.63) is 63.4 Å². The summed E-state index contributed by atoms with van der Waals surface area (Å²) in [6, 6.07) is 7.86. The Bertz CT molecular complexity index is 1870. The van der Waals surface area contributed by atoms with E-state index in [2.05, 4.69) is 16.1 Å². The fraction of sp³-hybridized carbons (Fsp3) is 0.556. The molecule has 3 aromatic rings. The van der Waals surface area contributed by atoms with Crippen LogP contribution in [-0.4, -0.2) is 82.5 Å². The van der Waals surface area contributed by atoms with Crippen molar-refractivity contribution in [2.24, 2.45) is 0 Å². The molecule has 1 aromatic carbocycles. The van der Waals surface area contributed by atoms with Crippen LogP contribution in [-0.2, 0) is 42.9 Å². The number of nitrogens with two attached hydrogens (primary N) is 1. The van der Waals surface area contributed by atoms with E-state index in [0.717, 1.165) is 49.0 Å². The SMILES string of the molecule is CN(C)C(=O)c1cc2n(n1)CCCN(c1c(F)c(OC[C@@]34CCCN3C[C@H](F)C4)nc3c1CO[C@@]1(CCCc4ccc(N)c(C#N)c41)C3)C2. The summed E-state index contributed by atoms with van der Waals surface area (Å²) in [7, 11) is 3.38. The number of benzene rings is 1. The number of amides is 1. The standard InChI is InChI=1S/C36H42F2N8O3/c1-43(2)34(47)28-14-24-19-44(11-5-13-46(24)42-28)32-26-20-49-36(10-3-6-22-7-8-27(40)25(17-39)30(22)36)16-29(26)41-33(31(32)38)48-21-35-9-4-12-45(35)18-23(37)15-35/h7-8,14,23H,3-6,9-13,15-16,18-21,40H2,1-2H3/t23-,35+,36+/m1/s1. The summed E-state index contributed by atoms with van der Waals surface area (Å²) >= 11 is 0. The van der Waals surface area contributed by atoms with Gasteiger partial charge in [-0.3, -0.25) is 14.4 Å². The van der Waals surface area contributed by atoms with Crippen LogP contribution in [0.4, 0.5) is 20.2 Å². The fourth-order valence-electron chi connectivity index (χ4n) is 9.02. The second kappa shape index (κ2) is 11.9. The first kappa shape index (κ1) is 32.0. The largest absolute Gasteiger partial charge is 0.474 e. The molecule has 2 saturated heterocycles. The molecule has 2 fully saturated rings. The van der Waals surface area contributed by atoms with Crippen LogP contribution in [0.1, 0.15) is 82.7 Å². The highest BCUT2D eigenvalue weighted by atomic mass is 19.1. The van der Waals surface area contributed by atoms with Crippen molar-refractivity contribution < 1.29 is 23.0 Å². The number of alkyl halides is 1. The number of aromatic nitrogens is 3. The predicted octanol–water partition coefficient (Wildman–Crippen LogP) is 4.24. The van der Waals surface area contributed by atoms with Gasteiger partial charge in [0.15, 0.2) is 5.69 Å². The lowest BCUT2D eigenvalue weighted by molar-refractivity contribution is -0.0856. The number of nitriles is 1. The highest BCUT2D eigenvalue weighted by molar-refractivity contribution is 5.92. The molecule has 2 N–H and O–H groups in total. The minimum absolute atomic E-state index is 0.0926. The molecule has 3 atom stereocenters. The van der Waals surface area contributed by atoms with E-state index in [9.17, 15) is 14.4 Å². The zero-order chi connectivity index (χ0) is 34.1. The number of hydrogen-bond acceptors (Lipinski definition) is 9. The Morgan fingerprint density at radius 1 is 1.22 bits per heavy atom. The minimum atomic E-state index is -0.933. The molecule has 1 spiro atoms. The van der Waals surface area contributed by atoms with Gasteiger partial charge in [0.25, 0.3) is 11.8 Å². The van der Waals surface area contributed by atoms with Crippen LogP contribution in [0.3, 0.4) is 0 Å². The molecular weight excluding hydrogens is 630 g/mol. The third-order valence-corrected chi connectivity index (χ3v) is 11.3. The summed E-state index contributed by atoms with van der Waals surface area (Å²) in [5.41, 5.74) is 10.5. The minimum Gasteiger partial charge on any atom is -0.474 e. The summed E-state index contributed by atoms with van der Waals surface area (Å²) in [6.07, 6.45) is 4.52. The van der Waals surface area contributed by atoms with Crippen LogP contribution in [0, 0.1) is 17.1 Å². The average Bonchev–Trinajstić information content (AvgIpc) is 3.71. The van der Waals surface area contributed by atoms with Gasteiger partial charge in [0.1, 0.15) is 24.4 Å². The van der Waals surface area contributed by atoms with E-state index in [-0.39, 0.29) is 25.0 Å². The number of halogens is 2. The van der Waals surface area contributed by atoms with Crippen molar-refractivity contribution in [3.63, 3.8) is 0 Å². The zero-order valence-electron chi connectivity index (χ0n) is 28.1. The summed E-state index contributed by atoms with van der Waals surface area (Å²) in [4.78, 5) is 23.2. The number of nitrogen functional groups attached to an aromatic ring is 1. The molecule has 5 aliphatic rings. The molecule has 0 radical (unpaired) electrons. The van der Waals surface area contributed by atoms with Crippen LogP contribution >= 0.6 is 0 Å². The Balaban J connectivity index is 1.21. The maximum atomic E-state index is 17.0. The van der Waals surface area contributed by atoms with E-state index >= 15 is 4.39 Å². The third-order valence-electron chi connectivity index (χ3n) is 11.3. The highest BCUT2D eigenvalue weighted by Gasteiger charge is 2.50. The third kappa shape index (κ3) is 5.22. The van der Waals surface area contributed by atoms with Crippen LogP contribution in [0.25, 0.3) is 0 Å². The molecule has 11 nitrogen and oxygen atoms in total. The van der Waals surface area contributed by atoms with E-state index < -0.39 is 23.1 Å². The van der Waals surface area contributed by atoms with E-state index in [4.69, 9.17) is 20.2 Å². The average molecular weight is 673 g/mol. The predicted molar refractivity (Wildman–Crippen MR) is 177 cm³/mol.